The predicted molar refractivity (Wildman–Crippen MR) is 92.2 cm³/mol. The molecule has 1 aliphatic rings. The number of aryl methyl sites for hydroxylation is 1. The lowest BCUT2D eigenvalue weighted by Crippen LogP contribution is -2.44. The van der Waals surface area contributed by atoms with E-state index < -0.39 is 0 Å². The molecule has 1 aromatic heterocycles. The van der Waals surface area contributed by atoms with Crippen molar-refractivity contribution in [2.75, 3.05) is 44.4 Å². The predicted octanol–water partition coefficient (Wildman–Crippen LogP) is 3.85. The van der Waals surface area contributed by atoms with Gasteiger partial charge in [-0.15, -0.1) is 11.8 Å². The molecular formula is C15H19BrFN3S. The monoisotopic (exact) mass is 371 g/mol. The van der Waals surface area contributed by atoms with Crippen LogP contribution in [0.2, 0.25) is 0 Å². The van der Waals surface area contributed by atoms with Gasteiger partial charge in [0.05, 0.1) is 11.2 Å². The number of thioether (sulfide) groups is 1. The van der Waals surface area contributed by atoms with E-state index in [2.05, 4.69) is 37.8 Å². The largest absolute Gasteiger partial charge is 0.366 e. The molecule has 0 aliphatic carbocycles. The van der Waals surface area contributed by atoms with Crippen molar-refractivity contribution >= 4 is 44.3 Å². The number of benzene rings is 1. The Balaban J connectivity index is 2.21. The van der Waals surface area contributed by atoms with E-state index in [4.69, 9.17) is 0 Å². The van der Waals surface area contributed by atoms with Gasteiger partial charge in [0.25, 0.3) is 0 Å². The summed E-state index contributed by atoms with van der Waals surface area (Å²) >= 11 is 5.16. The number of halogens is 2. The normalized spacial score (nSPS) is 16.9. The minimum Gasteiger partial charge on any atom is -0.366 e. The Morgan fingerprint density at radius 1 is 1.29 bits per heavy atom. The Morgan fingerprint density at radius 2 is 1.95 bits per heavy atom. The third kappa shape index (κ3) is 2.58. The van der Waals surface area contributed by atoms with Crippen molar-refractivity contribution in [1.82, 2.24) is 9.88 Å². The number of rotatable bonds is 2. The van der Waals surface area contributed by atoms with Crippen LogP contribution in [0.15, 0.2) is 15.4 Å². The molecule has 1 saturated heterocycles. The molecule has 2 heterocycles. The molecule has 6 heteroatoms. The lowest BCUT2D eigenvalue weighted by molar-refractivity contribution is 0.312. The Morgan fingerprint density at radius 3 is 2.57 bits per heavy atom. The van der Waals surface area contributed by atoms with E-state index in [1.54, 1.807) is 17.8 Å². The molecule has 21 heavy (non-hydrogen) atoms. The minimum atomic E-state index is -0.145. The highest BCUT2D eigenvalue weighted by Gasteiger charge is 2.24. The topological polar surface area (TPSA) is 22.3 Å². The highest BCUT2D eigenvalue weighted by Crippen LogP contribution is 2.42. The Bertz CT molecular complexity index is 677. The van der Waals surface area contributed by atoms with E-state index in [0.29, 0.717) is 0 Å². The summed E-state index contributed by atoms with van der Waals surface area (Å²) in [5.41, 5.74) is 2.83. The second kappa shape index (κ2) is 5.82. The van der Waals surface area contributed by atoms with Crippen LogP contribution in [0.4, 0.5) is 10.1 Å². The van der Waals surface area contributed by atoms with Crippen LogP contribution < -0.4 is 4.90 Å². The zero-order chi connectivity index (χ0) is 15.1. The summed E-state index contributed by atoms with van der Waals surface area (Å²) in [6, 6.07) is 1.58. The van der Waals surface area contributed by atoms with Crippen molar-refractivity contribution < 1.29 is 4.39 Å². The third-order valence-electron chi connectivity index (χ3n) is 4.11. The fourth-order valence-corrected chi connectivity index (χ4v) is 4.24. The van der Waals surface area contributed by atoms with E-state index in [-0.39, 0.29) is 5.82 Å². The molecule has 2 aromatic rings. The van der Waals surface area contributed by atoms with E-state index in [9.17, 15) is 4.39 Å². The molecule has 0 unspecified atom stereocenters. The van der Waals surface area contributed by atoms with Crippen LogP contribution in [-0.4, -0.2) is 49.4 Å². The first-order valence-electron chi connectivity index (χ1n) is 7.00. The number of hydrogen-bond acceptors (Lipinski definition) is 3. The number of H-pyrrole nitrogens is 1. The second-order valence-electron chi connectivity index (χ2n) is 5.51. The number of likely N-dealkylation sites (N-methyl/N-ethyl adjacent to an activating group) is 1. The smallest absolute Gasteiger partial charge is 0.148 e. The molecule has 1 aliphatic heterocycles. The molecule has 0 amide bonds. The zero-order valence-corrected chi connectivity index (χ0v) is 14.9. The van der Waals surface area contributed by atoms with Gasteiger partial charge in [-0.2, -0.15) is 0 Å². The standard InChI is InChI=1S/C15H19BrFN3S/c1-9-15(21-3)12-13(18-9)10(16)8-11(17)14(12)20-6-4-19(2)5-7-20/h8,18H,4-7H2,1-3H3. The number of aromatic amines is 1. The van der Waals surface area contributed by atoms with Crippen molar-refractivity contribution in [2.24, 2.45) is 0 Å². The molecule has 114 valence electrons. The Kier molecular flexibility index (Phi) is 4.21. The lowest BCUT2D eigenvalue weighted by Gasteiger charge is -2.34. The van der Waals surface area contributed by atoms with Gasteiger partial charge in [-0.05, 0) is 42.2 Å². The van der Waals surface area contributed by atoms with E-state index in [1.165, 1.54) is 0 Å². The van der Waals surface area contributed by atoms with E-state index >= 15 is 0 Å². The summed E-state index contributed by atoms with van der Waals surface area (Å²) in [5.74, 6) is -0.145. The zero-order valence-electron chi connectivity index (χ0n) is 12.5. The summed E-state index contributed by atoms with van der Waals surface area (Å²) in [7, 11) is 2.11. The first-order chi connectivity index (χ1) is 10.0. The quantitative estimate of drug-likeness (QED) is 0.810. The summed E-state index contributed by atoms with van der Waals surface area (Å²) in [4.78, 5) is 8.99. The molecule has 3 nitrogen and oxygen atoms in total. The molecule has 1 N–H and O–H groups in total. The first kappa shape index (κ1) is 15.2. The van der Waals surface area contributed by atoms with Crippen LogP contribution in [0, 0.1) is 12.7 Å². The van der Waals surface area contributed by atoms with Crippen molar-refractivity contribution in [3.8, 4) is 0 Å². The number of aromatic nitrogens is 1. The number of fused-ring (bicyclic) bond motifs is 1. The van der Waals surface area contributed by atoms with Gasteiger partial charge in [-0.3, -0.25) is 0 Å². The molecule has 0 spiro atoms. The molecule has 0 atom stereocenters. The third-order valence-corrected chi connectivity index (χ3v) is 5.65. The fraction of sp³-hybridized carbons (Fsp3) is 0.467. The molecule has 0 bridgehead atoms. The van der Waals surface area contributed by atoms with Gasteiger partial charge in [0, 0.05) is 46.6 Å². The van der Waals surface area contributed by atoms with E-state index in [1.807, 2.05) is 13.2 Å². The maximum atomic E-state index is 14.7. The van der Waals surface area contributed by atoms with Crippen molar-refractivity contribution in [1.29, 1.82) is 0 Å². The average Bonchev–Trinajstić information content (AvgIpc) is 2.78. The Hall–Kier alpha value is -0.720. The van der Waals surface area contributed by atoms with Gasteiger partial charge >= 0.3 is 0 Å². The van der Waals surface area contributed by atoms with Crippen LogP contribution in [0.25, 0.3) is 10.9 Å². The van der Waals surface area contributed by atoms with Crippen LogP contribution in [0.3, 0.4) is 0 Å². The van der Waals surface area contributed by atoms with Crippen molar-refractivity contribution in [3.63, 3.8) is 0 Å². The number of nitrogens with zero attached hydrogens (tertiary/aromatic N) is 2. The number of hydrogen-bond donors (Lipinski definition) is 1. The van der Waals surface area contributed by atoms with Gasteiger partial charge in [0.2, 0.25) is 0 Å². The molecule has 3 rings (SSSR count). The van der Waals surface area contributed by atoms with Gasteiger partial charge < -0.3 is 14.8 Å². The van der Waals surface area contributed by atoms with Gasteiger partial charge in [-0.1, -0.05) is 0 Å². The van der Waals surface area contributed by atoms with Gasteiger partial charge in [-0.25, -0.2) is 4.39 Å². The summed E-state index contributed by atoms with van der Waals surface area (Å²) in [5, 5.41) is 1.01. The van der Waals surface area contributed by atoms with E-state index in [0.717, 1.165) is 57.8 Å². The van der Waals surface area contributed by atoms with Crippen molar-refractivity contribution in [2.45, 2.75) is 11.8 Å². The maximum Gasteiger partial charge on any atom is 0.148 e. The van der Waals surface area contributed by atoms with Crippen LogP contribution in [0.1, 0.15) is 5.69 Å². The van der Waals surface area contributed by atoms with Crippen LogP contribution in [-0.2, 0) is 0 Å². The van der Waals surface area contributed by atoms with Crippen LogP contribution in [0.5, 0.6) is 0 Å². The van der Waals surface area contributed by atoms with Gasteiger partial charge in [0.1, 0.15) is 5.82 Å². The highest BCUT2D eigenvalue weighted by molar-refractivity contribution is 9.10. The summed E-state index contributed by atoms with van der Waals surface area (Å²) in [6.07, 6.45) is 2.04. The number of piperazine rings is 1. The summed E-state index contributed by atoms with van der Waals surface area (Å²) < 4.78 is 15.5. The number of nitrogens with one attached hydrogen (secondary N) is 1. The molecule has 0 saturated carbocycles. The summed E-state index contributed by atoms with van der Waals surface area (Å²) in [6.45, 7) is 5.71. The minimum absolute atomic E-state index is 0.145. The first-order valence-corrected chi connectivity index (χ1v) is 9.02. The lowest BCUT2D eigenvalue weighted by atomic mass is 10.1. The molecular weight excluding hydrogens is 353 g/mol. The second-order valence-corrected chi connectivity index (χ2v) is 7.18. The highest BCUT2D eigenvalue weighted by atomic mass is 79.9. The SMILES string of the molecule is CSc1c(C)[nH]c2c(Br)cc(F)c(N3CCN(C)CC3)c12. The van der Waals surface area contributed by atoms with Crippen molar-refractivity contribution in [3.05, 3.63) is 22.1 Å². The molecule has 0 radical (unpaired) electrons. The number of anilines is 1. The molecule has 1 fully saturated rings. The maximum absolute atomic E-state index is 14.7. The Labute approximate surface area is 137 Å². The fourth-order valence-electron chi connectivity index (χ4n) is 2.98. The molecule has 1 aromatic carbocycles. The average molecular weight is 372 g/mol. The van der Waals surface area contributed by atoms with Gasteiger partial charge in [0.15, 0.2) is 0 Å². The van der Waals surface area contributed by atoms with Crippen LogP contribution >= 0.6 is 27.7 Å².